The number of anilines is 1. The molecule has 1 fully saturated rings. The zero-order valence-electron chi connectivity index (χ0n) is 11.4. The average molecular weight is 429 g/mol. The van der Waals surface area contributed by atoms with Crippen molar-refractivity contribution in [3.63, 3.8) is 0 Å². The van der Waals surface area contributed by atoms with Gasteiger partial charge in [0.2, 0.25) is 0 Å². The SMILES string of the molecule is O=C1C(=Cc2c(F)cccc2Cl)SC(=S)N1c1cccc(Br)c1. The molecule has 7 heteroatoms. The number of nitrogens with zero attached hydrogens (tertiary/aromatic N) is 1. The first-order valence-electron chi connectivity index (χ1n) is 6.45. The predicted molar refractivity (Wildman–Crippen MR) is 101 cm³/mol. The second-order valence-corrected chi connectivity index (χ2v) is 7.63. The van der Waals surface area contributed by atoms with Gasteiger partial charge in [-0.05, 0) is 36.4 Å². The molecule has 0 aromatic heterocycles. The van der Waals surface area contributed by atoms with Crippen LogP contribution in [0.2, 0.25) is 5.02 Å². The zero-order valence-corrected chi connectivity index (χ0v) is 15.4. The van der Waals surface area contributed by atoms with Crippen LogP contribution in [0.5, 0.6) is 0 Å². The maximum absolute atomic E-state index is 13.9. The summed E-state index contributed by atoms with van der Waals surface area (Å²) in [5.74, 6) is -0.775. The standard InChI is InChI=1S/C16H8BrClFNOS2/c17-9-3-1-4-10(7-9)20-15(21)14(23-16(20)22)8-11-12(18)5-2-6-13(11)19/h1-8H. The van der Waals surface area contributed by atoms with Crippen molar-refractivity contribution in [2.75, 3.05) is 4.90 Å². The van der Waals surface area contributed by atoms with Crippen LogP contribution in [-0.4, -0.2) is 10.2 Å². The topological polar surface area (TPSA) is 20.3 Å². The number of rotatable bonds is 2. The number of amides is 1. The van der Waals surface area contributed by atoms with Crippen molar-refractivity contribution in [1.29, 1.82) is 0 Å². The van der Waals surface area contributed by atoms with Crippen LogP contribution in [0.15, 0.2) is 51.8 Å². The van der Waals surface area contributed by atoms with Crippen LogP contribution in [0.1, 0.15) is 5.56 Å². The lowest BCUT2D eigenvalue weighted by atomic mass is 10.2. The highest BCUT2D eigenvalue weighted by Gasteiger charge is 2.33. The van der Waals surface area contributed by atoms with Gasteiger partial charge in [0, 0.05) is 10.0 Å². The molecule has 0 bridgehead atoms. The molecule has 2 aromatic carbocycles. The van der Waals surface area contributed by atoms with E-state index < -0.39 is 5.82 Å². The molecule has 3 rings (SSSR count). The fourth-order valence-electron chi connectivity index (χ4n) is 2.09. The summed E-state index contributed by atoms with van der Waals surface area (Å²) < 4.78 is 15.1. The van der Waals surface area contributed by atoms with Crippen LogP contribution in [0.3, 0.4) is 0 Å². The van der Waals surface area contributed by atoms with Crippen molar-refractivity contribution in [3.05, 3.63) is 68.2 Å². The molecule has 1 aliphatic heterocycles. The minimum absolute atomic E-state index is 0.184. The van der Waals surface area contributed by atoms with Crippen molar-refractivity contribution < 1.29 is 9.18 Å². The zero-order chi connectivity index (χ0) is 16.6. The first kappa shape index (κ1) is 16.6. The summed E-state index contributed by atoms with van der Waals surface area (Å²) in [7, 11) is 0. The van der Waals surface area contributed by atoms with E-state index in [-0.39, 0.29) is 16.5 Å². The molecule has 0 saturated carbocycles. The van der Waals surface area contributed by atoms with Gasteiger partial charge in [0.05, 0.1) is 15.6 Å². The molecule has 1 amide bonds. The Bertz CT molecular complexity index is 835. The largest absolute Gasteiger partial charge is 0.270 e. The Morgan fingerprint density at radius 3 is 2.70 bits per heavy atom. The second-order valence-electron chi connectivity index (χ2n) is 4.63. The van der Waals surface area contributed by atoms with Crippen LogP contribution >= 0.6 is 51.5 Å². The normalized spacial score (nSPS) is 16.5. The van der Waals surface area contributed by atoms with Crippen molar-refractivity contribution in [3.8, 4) is 0 Å². The van der Waals surface area contributed by atoms with E-state index in [1.54, 1.807) is 18.2 Å². The van der Waals surface area contributed by atoms with Crippen LogP contribution < -0.4 is 4.90 Å². The summed E-state index contributed by atoms with van der Waals surface area (Å²) in [5, 5.41) is 0.248. The van der Waals surface area contributed by atoms with Crippen molar-refractivity contribution in [1.82, 2.24) is 0 Å². The minimum atomic E-state index is -0.481. The van der Waals surface area contributed by atoms with Gasteiger partial charge in [0.1, 0.15) is 5.82 Å². The van der Waals surface area contributed by atoms with Crippen LogP contribution in [0.25, 0.3) is 6.08 Å². The van der Waals surface area contributed by atoms with Crippen LogP contribution in [0, 0.1) is 5.82 Å². The summed E-state index contributed by atoms with van der Waals surface area (Å²) in [6, 6.07) is 11.6. The molecule has 23 heavy (non-hydrogen) atoms. The third kappa shape index (κ3) is 3.35. The Balaban J connectivity index is 2.00. The molecule has 0 unspecified atom stereocenters. The highest BCUT2D eigenvalue weighted by molar-refractivity contribution is 9.10. The maximum Gasteiger partial charge on any atom is 0.270 e. The van der Waals surface area contributed by atoms with Crippen LogP contribution in [-0.2, 0) is 4.79 Å². The molecular formula is C16H8BrClFNOS2. The van der Waals surface area contributed by atoms with Gasteiger partial charge >= 0.3 is 0 Å². The third-order valence-electron chi connectivity index (χ3n) is 3.14. The van der Waals surface area contributed by atoms with E-state index in [0.717, 1.165) is 16.2 Å². The molecule has 0 atom stereocenters. The summed E-state index contributed by atoms with van der Waals surface area (Å²) >= 11 is 15.8. The van der Waals surface area contributed by atoms with E-state index in [2.05, 4.69) is 15.9 Å². The van der Waals surface area contributed by atoms with Gasteiger partial charge in [0.15, 0.2) is 4.32 Å². The Hall–Kier alpha value is -1.21. The Labute approximate surface area is 155 Å². The van der Waals surface area contributed by atoms with E-state index in [9.17, 15) is 9.18 Å². The number of thiocarbonyl (C=S) groups is 1. The third-order valence-corrected chi connectivity index (χ3v) is 5.26. The van der Waals surface area contributed by atoms with Gasteiger partial charge in [-0.2, -0.15) is 0 Å². The predicted octanol–water partition coefficient (Wildman–Crippen LogP) is 5.65. The molecule has 1 saturated heterocycles. The minimum Gasteiger partial charge on any atom is -0.268 e. The lowest BCUT2D eigenvalue weighted by molar-refractivity contribution is -0.113. The monoisotopic (exact) mass is 427 g/mol. The highest BCUT2D eigenvalue weighted by Crippen LogP contribution is 2.37. The summed E-state index contributed by atoms with van der Waals surface area (Å²) in [6.07, 6.45) is 1.44. The van der Waals surface area contributed by atoms with Crippen molar-refractivity contribution in [2.24, 2.45) is 0 Å². The number of benzene rings is 2. The Morgan fingerprint density at radius 1 is 1.26 bits per heavy atom. The van der Waals surface area contributed by atoms with Gasteiger partial charge in [-0.15, -0.1) is 0 Å². The Morgan fingerprint density at radius 2 is 2.00 bits per heavy atom. The van der Waals surface area contributed by atoms with E-state index >= 15 is 0 Å². The number of halogens is 3. The molecule has 1 aliphatic rings. The van der Waals surface area contributed by atoms with Crippen LogP contribution in [0.4, 0.5) is 10.1 Å². The van der Waals surface area contributed by atoms with E-state index in [1.165, 1.54) is 23.1 Å². The fourth-order valence-corrected chi connectivity index (χ4v) is 3.97. The van der Waals surface area contributed by atoms with E-state index in [0.29, 0.717) is 14.9 Å². The molecule has 0 aliphatic carbocycles. The number of carbonyl (C=O) groups excluding carboxylic acids is 1. The molecule has 2 nitrogen and oxygen atoms in total. The van der Waals surface area contributed by atoms with E-state index in [4.69, 9.17) is 23.8 Å². The summed E-state index contributed by atoms with van der Waals surface area (Å²) in [4.78, 5) is 14.4. The Kier molecular flexibility index (Phi) is 4.87. The first-order valence-corrected chi connectivity index (χ1v) is 8.84. The first-order chi connectivity index (χ1) is 11.0. The quantitative estimate of drug-likeness (QED) is 0.455. The van der Waals surface area contributed by atoms with Gasteiger partial charge in [-0.1, -0.05) is 63.6 Å². The number of carbonyl (C=O) groups is 1. The van der Waals surface area contributed by atoms with Gasteiger partial charge in [0.25, 0.3) is 5.91 Å². The molecule has 2 aromatic rings. The molecule has 116 valence electrons. The number of hydrogen-bond acceptors (Lipinski definition) is 3. The smallest absolute Gasteiger partial charge is 0.268 e. The lowest BCUT2D eigenvalue weighted by Crippen LogP contribution is -2.27. The summed E-state index contributed by atoms with van der Waals surface area (Å²) in [6.45, 7) is 0. The van der Waals surface area contributed by atoms with Crippen molar-refractivity contribution >= 4 is 73.5 Å². The lowest BCUT2D eigenvalue weighted by Gasteiger charge is -2.14. The summed E-state index contributed by atoms with van der Waals surface area (Å²) in [5.41, 5.74) is 0.841. The van der Waals surface area contributed by atoms with Gasteiger partial charge in [-0.3, -0.25) is 9.69 Å². The van der Waals surface area contributed by atoms with Crippen molar-refractivity contribution in [2.45, 2.75) is 0 Å². The maximum atomic E-state index is 13.9. The molecule has 1 heterocycles. The molecule has 0 N–H and O–H groups in total. The second kappa shape index (κ2) is 6.73. The highest BCUT2D eigenvalue weighted by atomic mass is 79.9. The molecule has 0 spiro atoms. The van der Waals surface area contributed by atoms with Gasteiger partial charge in [-0.25, -0.2) is 4.39 Å². The molecular weight excluding hydrogens is 421 g/mol. The molecule has 0 radical (unpaired) electrons. The average Bonchev–Trinajstić information content (AvgIpc) is 2.77. The van der Waals surface area contributed by atoms with E-state index in [1.807, 2.05) is 12.1 Å². The van der Waals surface area contributed by atoms with Gasteiger partial charge < -0.3 is 0 Å². The fraction of sp³-hybridized carbons (Fsp3) is 0. The number of hydrogen-bond donors (Lipinski definition) is 0. The number of thioether (sulfide) groups is 1.